The maximum Gasteiger partial charge on any atom is 0.253 e. The predicted octanol–water partition coefficient (Wildman–Crippen LogP) is 2.47. The van der Waals surface area contributed by atoms with Gasteiger partial charge in [-0.15, -0.1) is 0 Å². The van der Waals surface area contributed by atoms with Crippen LogP contribution in [0.25, 0.3) is 0 Å². The first-order valence-corrected chi connectivity index (χ1v) is 8.58. The lowest BCUT2D eigenvalue weighted by Gasteiger charge is -2.32. The maximum atomic E-state index is 12.4. The molecule has 0 unspecified atom stereocenters. The van der Waals surface area contributed by atoms with Crippen LogP contribution in [0.1, 0.15) is 47.8 Å². The molecule has 0 bridgehead atoms. The molecule has 0 spiro atoms. The van der Waals surface area contributed by atoms with E-state index in [0.29, 0.717) is 17.5 Å². The summed E-state index contributed by atoms with van der Waals surface area (Å²) in [7, 11) is 0. The van der Waals surface area contributed by atoms with Crippen molar-refractivity contribution < 1.29 is 4.79 Å². The van der Waals surface area contributed by atoms with E-state index >= 15 is 0 Å². The number of piperidine rings is 1. The normalized spacial score (nSPS) is 18.4. The Morgan fingerprint density at radius 2 is 1.79 bits per heavy atom. The van der Waals surface area contributed by atoms with Crippen molar-refractivity contribution in [2.24, 2.45) is 0 Å². The van der Waals surface area contributed by atoms with Crippen LogP contribution < -0.4 is 5.32 Å². The van der Waals surface area contributed by atoms with Gasteiger partial charge >= 0.3 is 0 Å². The van der Waals surface area contributed by atoms with Crippen LogP contribution in [0.4, 0.5) is 5.82 Å². The number of carbonyl (C=O) groups is 1. The highest BCUT2D eigenvalue weighted by Crippen LogP contribution is 2.38. The van der Waals surface area contributed by atoms with Crippen LogP contribution in [0.2, 0.25) is 0 Å². The van der Waals surface area contributed by atoms with Crippen molar-refractivity contribution in [1.29, 1.82) is 0 Å². The maximum absolute atomic E-state index is 12.4. The van der Waals surface area contributed by atoms with E-state index in [0.717, 1.165) is 37.6 Å². The zero-order chi connectivity index (χ0) is 16.4. The van der Waals surface area contributed by atoms with Crippen molar-refractivity contribution >= 4 is 11.7 Å². The lowest BCUT2D eigenvalue weighted by atomic mass is 10.0. The van der Waals surface area contributed by atoms with Crippen LogP contribution in [0, 0.1) is 0 Å². The van der Waals surface area contributed by atoms with Crippen LogP contribution in [0.5, 0.6) is 0 Å². The lowest BCUT2D eigenvalue weighted by molar-refractivity contribution is 0.0718. The van der Waals surface area contributed by atoms with Gasteiger partial charge in [-0.25, -0.2) is 9.97 Å². The Balaban J connectivity index is 1.33. The van der Waals surface area contributed by atoms with Gasteiger partial charge in [0.1, 0.15) is 11.6 Å². The Hall–Kier alpha value is -2.50. The Morgan fingerprint density at radius 3 is 2.50 bits per heavy atom. The molecule has 2 fully saturated rings. The molecular weight excluding hydrogens is 302 g/mol. The van der Waals surface area contributed by atoms with Crippen molar-refractivity contribution in [3.05, 3.63) is 48.2 Å². The van der Waals surface area contributed by atoms with E-state index in [1.165, 1.54) is 12.8 Å². The second kappa shape index (κ2) is 6.55. The highest BCUT2D eigenvalue weighted by Gasteiger charge is 2.27. The minimum atomic E-state index is 0.0916. The molecule has 1 N–H and O–H groups in total. The SMILES string of the molecule is O=C(c1ccncc1)N1CCC(Nc2ccnc(C3CC3)n2)CC1. The van der Waals surface area contributed by atoms with Gasteiger partial charge in [-0.1, -0.05) is 0 Å². The van der Waals surface area contributed by atoms with E-state index in [-0.39, 0.29) is 5.91 Å². The summed E-state index contributed by atoms with van der Waals surface area (Å²) in [5.41, 5.74) is 0.710. The number of hydrogen-bond donors (Lipinski definition) is 1. The third kappa shape index (κ3) is 3.37. The first-order chi connectivity index (χ1) is 11.8. The fraction of sp³-hybridized carbons (Fsp3) is 0.444. The summed E-state index contributed by atoms with van der Waals surface area (Å²) in [5.74, 6) is 2.52. The number of aromatic nitrogens is 3. The molecule has 1 saturated heterocycles. The molecule has 6 nitrogen and oxygen atoms in total. The molecule has 1 aliphatic heterocycles. The van der Waals surface area contributed by atoms with E-state index in [2.05, 4.69) is 20.3 Å². The van der Waals surface area contributed by atoms with E-state index < -0.39 is 0 Å². The Morgan fingerprint density at radius 1 is 1.04 bits per heavy atom. The highest BCUT2D eigenvalue weighted by molar-refractivity contribution is 5.94. The molecule has 6 heteroatoms. The quantitative estimate of drug-likeness (QED) is 0.936. The molecule has 24 heavy (non-hydrogen) atoms. The van der Waals surface area contributed by atoms with Gasteiger partial charge in [0.05, 0.1) is 0 Å². The molecular formula is C18H21N5O. The van der Waals surface area contributed by atoms with Gasteiger partial charge in [0.25, 0.3) is 5.91 Å². The average Bonchev–Trinajstić information content (AvgIpc) is 3.48. The zero-order valence-corrected chi connectivity index (χ0v) is 13.6. The second-order valence-electron chi connectivity index (χ2n) is 6.52. The first-order valence-electron chi connectivity index (χ1n) is 8.58. The largest absolute Gasteiger partial charge is 0.367 e. The van der Waals surface area contributed by atoms with Crippen molar-refractivity contribution in [2.45, 2.75) is 37.6 Å². The molecule has 2 aliphatic rings. The minimum Gasteiger partial charge on any atom is -0.367 e. The van der Waals surface area contributed by atoms with Crippen LogP contribution in [-0.4, -0.2) is 44.9 Å². The van der Waals surface area contributed by atoms with Gasteiger partial charge in [-0.05, 0) is 43.9 Å². The zero-order valence-electron chi connectivity index (χ0n) is 13.6. The summed E-state index contributed by atoms with van der Waals surface area (Å²) in [6.45, 7) is 1.53. The number of hydrogen-bond acceptors (Lipinski definition) is 5. The third-order valence-electron chi connectivity index (χ3n) is 4.68. The molecule has 0 atom stereocenters. The Kier molecular flexibility index (Phi) is 4.11. The number of pyridine rings is 1. The number of likely N-dealkylation sites (tertiary alicyclic amines) is 1. The van der Waals surface area contributed by atoms with Crippen LogP contribution in [0.3, 0.4) is 0 Å². The number of amides is 1. The lowest BCUT2D eigenvalue weighted by Crippen LogP contribution is -2.42. The average molecular weight is 323 g/mol. The van der Waals surface area contributed by atoms with Gasteiger partial charge in [-0.3, -0.25) is 9.78 Å². The van der Waals surface area contributed by atoms with E-state index in [1.54, 1.807) is 24.5 Å². The number of nitrogens with zero attached hydrogens (tertiary/aromatic N) is 4. The van der Waals surface area contributed by atoms with E-state index in [1.807, 2.05) is 17.2 Å². The summed E-state index contributed by atoms with van der Waals surface area (Å²) >= 11 is 0. The van der Waals surface area contributed by atoms with Gasteiger partial charge in [0.15, 0.2) is 0 Å². The third-order valence-corrected chi connectivity index (χ3v) is 4.68. The number of rotatable bonds is 4. The Bertz CT molecular complexity index is 708. The minimum absolute atomic E-state index is 0.0916. The number of nitrogens with one attached hydrogen (secondary N) is 1. The van der Waals surface area contributed by atoms with E-state index in [4.69, 9.17) is 0 Å². The standard InChI is InChI=1S/C18H21N5O/c24-18(14-3-8-19-9-4-14)23-11-6-15(7-12-23)21-16-5-10-20-17(22-16)13-1-2-13/h3-5,8-10,13,15H,1-2,6-7,11-12H2,(H,20,21,22). The fourth-order valence-corrected chi connectivity index (χ4v) is 3.11. The van der Waals surface area contributed by atoms with Crippen molar-refractivity contribution in [1.82, 2.24) is 19.9 Å². The van der Waals surface area contributed by atoms with Gasteiger partial charge in [0, 0.05) is 49.2 Å². The second-order valence-corrected chi connectivity index (χ2v) is 6.52. The molecule has 1 saturated carbocycles. The van der Waals surface area contributed by atoms with Crippen LogP contribution in [0.15, 0.2) is 36.8 Å². The summed E-state index contributed by atoms with van der Waals surface area (Å²) in [6, 6.07) is 5.83. The van der Waals surface area contributed by atoms with Crippen LogP contribution >= 0.6 is 0 Å². The molecule has 1 aliphatic carbocycles. The van der Waals surface area contributed by atoms with Gasteiger partial charge in [-0.2, -0.15) is 0 Å². The summed E-state index contributed by atoms with van der Waals surface area (Å²) < 4.78 is 0. The molecule has 0 radical (unpaired) electrons. The summed E-state index contributed by atoms with van der Waals surface area (Å²) in [4.78, 5) is 27.3. The summed E-state index contributed by atoms with van der Waals surface area (Å²) in [6.07, 6.45) is 9.43. The van der Waals surface area contributed by atoms with Crippen molar-refractivity contribution in [2.75, 3.05) is 18.4 Å². The predicted molar refractivity (Wildman–Crippen MR) is 90.8 cm³/mol. The van der Waals surface area contributed by atoms with Crippen LogP contribution in [-0.2, 0) is 0 Å². The molecule has 0 aromatic carbocycles. The first kappa shape index (κ1) is 15.1. The number of carbonyl (C=O) groups excluding carboxylic acids is 1. The monoisotopic (exact) mass is 323 g/mol. The molecule has 2 aromatic rings. The fourth-order valence-electron chi connectivity index (χ4n) is 3.11. The van der Waals surface area contributed by atoms with Gasteiger partial charge in [0.2, 0.25) is 0 Å². The highest BCUT2D eigenvalue weighted by atomic mass is 16.2. The number of anilines is 1. The molecule has 124 valence electrons. The molecule has 3 heterocycles. The smallest absolute Gasteiger partial charge is 0.253 e. The molecule has 4 rings (SSSR count). The molecule has 1 amide bonds. The van der Waals surface area contributed by atoms with E-state index in [9.17, 15) is 4.79 Å². The van der Waals surface area contributed by atoms with Gasteiger partial charge < -0.3 is 10.2 Å². The summed E-state index contributed by atoms with van der Waals surface area (Å²) in [5, 5.41) is 3.50. The van der Waals surface area contributed by atoms with Crippen molar-refractivity contribution in [3.8, 4) is 0 Å². The Labute approximate surface area is 141 Å². The molecule has 2 aromatic heterocycles. The topological polar surface area (TPSA) is 71.0 Å². The van der Waals surface area contributed by atoms with Crippen molar-refractivity contribution in [3.63, 3.8) is 0 Å².